The Hall–Kier alpha value is -3.61. The van der Waals surface area contributed by atoms with E-state index in [0.717, 1.165) is 49.3 Å². The topological polar surface area (TPSA) is 102 Å². The maximum atomic E-state index is 13.0. The van der Waals surface area contributed by atoms with Gasteiger partial charge >= 0.3 is 6.03 Å². The van der Waals surface area contributed by atoms with Crippen LogP contribution in [0.4, 0.5) is 16.2 Å². The average molecular weight is 389 g/mol. The van der Waals surface area contributed by atoms with Gasteiger partial charge < -0.3 is 20.9 Å². The number of benzene rings is 2. The van der Waals surface area contributed by atoms with E-state index >= 15 is 0 Å². The van der Waals surface area contributed by atoms with Crippen LogP contribution in [0.15, 0.2) is 54.6 Å². The van der Waals surface area contributed by atoms with E-state index in [1.807, 2.05) is 30.3 Å². The van der Waals surface area contributed by atoms with E-state index in [0.29, 0.717) is 17.1 Å². The van der Waals surface area contributed by atoms with Gasteiger partial charge in [0.05, 0.1) is 5.69 Å². The molecule has 3 aromatic rings. The summed E-state index contributed by atoms with van der Waals surface area (Å²) in [5.74, 6) is 0.613. The zero-order valence-electron chi connectivity index (χ0n) is 16.0. The lowest BCUT2D eigenvalue weighted by Crippen LogP contribution is -2.19. The van der Waals surface area contributed by atoms with Crippen molar-refractivity contribution in [2.24, 2.45) is 5.73 Å². The van der Waals surface area contributed by atoms with Crippen LogP contribution >= 0.6 is 0 Å². The first kappa shape index (κ1) is 18.7. The number of aromatic nitrogens is 2. The molecule has 4 N–H and O–H groups in total. The van der Waals surface area contributed by atoms with Crippen LogP contribution in [-0.4, -0.2) is 21.5 Å². The number of carbonyl (C=O) groups excluding carboxylic acids is 2. The number of nitrogens with zero attached hydrogens (tertiary/aromatic N) is 2. The molecule has 1 aromatic heterocycles. The quantitative estimate of drug-likeness (QED) is 0.628. The predicted molar refractivity (Wildman–Crippen MR) is 113 cm³/mol. The molecule has 7 nitrogen and oxygen atoms in total. The van der Waals surface area contributed by atoms with Gasteiger partial charge in [-0.2, -0.15) is 0 Å². The molecular formula is C22H23N5O2. The number of imidazole rings is 1. The number of carbonyl (C=O) groups is 2. The first-order chi connectivity index (χ1) is 14.1. The van der Waals surface area contributed by atoms with Gasteiger partial charge in [0, 0.05) is 23.5 Å². The number of hydrogen-bond donors (Lipinski definition) is 3. The molecule has 4 rings (SSSR count). The van der Waals surface area contributed by atoms with Gasteiger partial charge in [-0.05, 0) is 43.5 Å². The second-order valence-electron chi connectivity index (χ2n) is 7.08. The lowest BCUT2D eigenvalue weighted by Gasteiger charge is -2.09. The van der Waals surface area contributed by atoms with Gasteiger partial charge in [0.15, 0.2) is 0 Å². The Bertz CT molecular complexity index is 1030. The molecule has 2 heterocycles. The Morgan fingerprint density at radius 3 is 2.28 bits per heavy atom. The Morgan fingerprint density at radius 2 is 1.59 bits per heavy atom. The minimum Gasteiger partial charge on any atom is -0.351 e. The molecule has 0 atom stereocenters. The summed E-state index contributed by atoms with van der Waals surface area (Å²) in [6.45, 7) is 0.868. The molecule has 0 spiro atoms. The molecule has 148 valence electrons. The third-order valence-electron chi connectivity index (χ3n) is 5.03. The lowest BCUT2D eigenvalue weighted by atomic mass is 10.1. The van der Waals surface area contributed by atoms with Crippen LogP contribution in [0.1, 0.15) is 35.4 Å². The molecule has 7 heteroatoms. The van der Waals surface area contributed by atoms with E-state index < -0.39 is 6.03 Å². The number of amides is 3. The van der Waals surface area contributed by atoms with Crippen LogP contribution in [0.5, 0.6) is 0 Å². The van der Waals surface area contributed by atoms with Crippen molar-refractivity contribution in [2.45, 2.75) is 32.2 Å². The van der Waals surface area contributed by atoms with Crippen LogP contribution in [0, 0.1) is 0 Å². The van der Waals surface area contributed by atoms with Gasteiger partial charge in [-0.15, -0.1) is 0 Å². The third kappa shape index (κ3) is 4.13. The number of primary amides is 1. The van der Waals surface area contributed by atoms with Crippen molar-refractivity contribution in [3.63, 3.8) is 0 Å². The summed E-state index contributed by atoms with van der Waals surface area (Å²) in [5.41, 5.74) is 8.79. The summed E-state index contributed by atoms with van der Waals surface area (Å²) in [6.07, 6.45) is 4.11. The maximum absolute atomic E-state index is 13.0. The van der Waals surface area contributed by atoms with Crippen LogP contribution in [0.3, 0.4) is 0 Å². The highest BCUT2D eigenvalue weighted by Crippen LogP contribution is 2.27. The largest absolute Gasteiger partial charge is 0.351 e. The molecule has 0 bridgehead atoms. The summed E-state index contributed by atoms with van der Waals surface area (Å²) in [6, 6.07) is 16.2. The molecular weight excluding hydrogens is 366 g/mol. The highest BCUT2D eigenvalue weighted by Gasteiger charge is 2.24. The summed E-state index contributed by atoms with van der Waals surface area (Å²) in [4.78, 5) is 28.7. The molecule has 0 saturated carbocycles. The van der Waals surface area contributed by atoms with E-state index in [-0.39, 0.29) is 5.91 Å². The molecule has 1 aliphatic rings. The minimum atomic E-state index is -0.629. The first-order valence-electron chi connectivity index (χ1n) is 9.74. The van der Waals surface area contributed by atoms with Crippen LogP contribution in [0.2, 0.25) is 0 Å². The van der Waals surface area contributed by atoms with E-state index in [9.17, 15) is 9.59 Å². The number of nitrogens with one attached hydrogen (secondary N) is 2. The molecule has 1 aliphatic heterocycles. The molecule has 0 unspecified atom stereocenters. The normalized spacial score (nSPS) is 13.2. The fourth-order valence-electron chi connectivity index (χ4n) is 3.68. The fourth-order valence-corrected chi connectivity index (χ4v) is 3.68. The molecule has 2 aromatic carbocycles. The van der Waals surface area contributed by atoms with Crippen LogP contribution in [-0.2, 0) is 13.0 Å². The van der Waals surface area contributed by atoms with Gasteiger partial charge in [0.25, 0.3) is 5.91 Å². The highest BCUT2D eigenvalue weighted by atomic mass is 16.2. The van der Waals surface area contributed by atoms with Crippen molar-refractivity contribution in [1.29, 1.82) is 0 Å². The van der Waals surface area contributed by atoms with Crippen molar-refractivity contribution < 1.29 is 9.59 Å². The zero-order chi connectivity index (χ0) is 20.2. The lowest BCUT2D eigenvalue weighted by molar-refractivity contribution is 0.102. The predicted octanol–water partition coefficient (Wildman–Crippen LogP) is 4.02. The number of anilines is 2. The van der Waals surface area contributed by atoms with Crippen molar-refractivity contribution in [1.82, 2.24) is 9.55 Å². The van der Waals surface area contributed by atoms with E-state index in [2.05, 4.69) is 15.2 Å². The number of urea groups is 1. The number of hydrogen-bond acceptors (Lipinski definition) is 3. The number of rotatable bonds is 4. The van der Waals surface area contributed by atoms with E-state index in [1.165, 1.54) is 0 Å². The summed E-state index contributed by atoms with van der Waals surface area (Å²) in [5, 5.41) is 5.41. The molecule has 0 aliphatic carbocycles. The zero-order valence-corrected chi connectivity index (χ0v) is 16.0. The van der Waals surface area contributed by atoms with Gasteiger partial charge in [0.2, 0.25) is 0 Å². The Balaban J connectivity index is 1.63. The van der Waals surface area contributed by atoms with Crippen LogP contribution in [0.25, 0.3) is 11.4 Å². The average Bonchev–Trinajstić information content (AvgIpc) is 2.91. The molecule has 29 heavy (non-hydrogen) atoms. The van der Waals surface area contributed by atoms with Gasteiger partial charge in [0.1, 0.15) is 11.5 Å². The van der Waals surface area contributed by atoms with E-state index in [4.69, 9.17) is 10.7 Å². The second kappa shape index (κ2) is 8.18. The summed E-state index contributed by atoms with van der Waals surface area (Å²) in [7, 11) is 0. The van der Waals surface area contributed by atoms with Gasteiger partial charge in [-0.3, -0.25) is 4.79 Å². The minimum absolute atomic E-state index is 0.228. The summed E-state index contributed by atoms with van der Waals surface area (Å²) >= 11 is 0. The molecule has 3 amide bonds. The van der Waals surface area contributed by atoms with Crippen molar-refractivity contribution in [3.05, 3.63) is 66.0 Å². The van der Waals surface area contributed by atoms with Crippen molar-refractivity contribution in [2.75, 3.05) is 10.6 Å². The third-order valence-corrected chi connectivity index (χ3v) is 5.03. The highest BCUT2D eigenvalue weighted by molar-refractivity contribution is 6.04. The Labute approximate surface area is 168 Å². The van der Waals surface area contributed by atoms with Crippen molar-refractivity contribution >= 4 is 23.3 Å². The standard InChI is InChI=1S/C22H23N5O2/c23-22(29)25-17-12-10-16(11-13-17)24-21(28)19-18-9-5-2-6-14-27(18)20(26-19)15-7-3-1-4-8-15/h1,3-4,7-8,10-13H,2,5-6,9,14H2,(H,24,28)(H3,23,25,29). The fraction of sp³-hybridized carbons (Fsp3) is 0.227. The molecule has 0 fully saturated rings. The SMILES string of the molecule is NC(=O)Nc1ccc(NC(=O)c2nc(-c3ccccc3)n3c2CCCCC3)cc1. The van der Waals surface area contributed by atoms with Gasteiger partial charge in [-0.25, -0.2) is 9.78 Å². The number of fused-ring (bicyclic) bond motifs is 1. The molecule has 0 radical (unpaired) electrons. The smallest absolute Gasteiger partial charge is 0.316 e. The van der Waals surface area contributed by atoms with Crippen molar-refractivity contribution in [3.8, 4) is 11.4 Å². The first-order valence-corrected chi connectivity index (χ1v) is 9.74. The second-order valence-corrected chi connectivity index (χ2v) is 7.08. The Kier molecular flexibility index (Phi) is 5.29. The molecule has 0 saturated heterocycles. The van der Waals surface area contributed by atoms with Gasteiger partial charge in [-0.1, -0.05) is 36.8 Å². The monoisotopic (exact) mass is 389 g/mol. The summed E-state index contributed by atoms with van der Waals surface area (Å²) < 4.78 is 2.19. The Morgan fingerprint density at radius 1 is 0.897 bits per heavy atom. The van der Waals surface area contributed by atoms with E-state index in [1.54, 1.807) is 24.3 Å². The van der Waals surface area contributed by atoms with Crippen LogP contribution < -0.4 is 16.4 Å². The maximum Gasteiger partial charge on any atom is 0.316 e. The number of nitrogens with two attached hydrogens (primary N) is 1.